The van der Waals surface area contributed by atoms with Gasteiger partial charge in [0, 0.05) is 10.9 Å². The van der Waals surface area contributed by atoms with Gasteiger partial charge in [0.15, 0.2) is 5.13 Å². The van der Waals surface area contributed by atoms with Crippen molar-refractivity contribution in [3.63, 3.8) is 0 Å². The van der Waals surface area contributed by atoms with E-state index in [1.54, 1.807) is 0 Å². The lowest BCUT2D eigenvalue weighted by molar-refractivity contribution is -0.153. The number of nitrogen functional groups attached to an aromatic ring is 1. The fourth-order valence-corrected chi connectivity index (χ4v) is 3.18. The Morgan fingerprint density at radius 2 is 1.92 bits per heavy atom. The van der Waals surface area contributed by atoms with Crippen LogP contribution in [0, 0.1) is 5.41 Å². The summed E-state index contributed by atoms with van der Waals surface area (Å²) in [5, 5.41) is 2.52. The number of nitrogens with two attached hydrogens (primary N) is 1. The number of unbranched alkanes of at least 4 members (excludes halogenated alkanes) is 2. The Labute approximate surface area is 159 Å². The van der Waals surface area contributed by atoms with E-state index in [0.29, 0.717) is 18.3 Å². The summed E-state index contributed by atoms with van der Waals surface area (Å²) < 4.78 is 10.9. The molecule has 2 N–H and O–H groups in total. The Hall–Kier alpha value is -2.08. The maximum atomic E-state index is 11.8. The van der Waals surface area contributed by atoms with Gasteiger partial charge in [0.2, 0.25) is 0 Å². The van der Waals surface area contributed by atoms with Crippen molar-refractivity contribution in [3.8, 4) is 17.0 Å². The molecule has 0 radical (unpaired) electrons. The molecule has 0 unspecified atom stereocenters. The van der Waals surface area contributed by atoms with Crippen LogP contribution in [0.3, 0.4) is 0 Å². The highest BCUT2D eigenvalue weighted by Gasteiger charge is 2.28. The molecule has 6 heteroatoms. The van der Waals surface area contributed by atoms with Gasteiger partial charge in [-0.1, -0.05) is 12.8 Å². The number of esters is 1. The van der Waals surface area contributed by atoms with Crippen LogP contribution in [0.5, 0.6) is 5.75 Å². The summed E-state index contributed by atoms with van der Waals surface area (Å²) in [6.45, 7) is 6.83. The number of ether oxygens (including phenoxy) is 2. The second-order valence-electron chi connectivity index (χ2n) is 6.86. The van der Waals surface area contributed by atoms with Gasteiger partial charge in [-0.15, -0.1) is 11.3 Å². The summed E-state index contributed by atoms with van der Waals surface area (Å²) in [6.07, 6.45) is 3.80. The van der Waals surface area contributed by atoms with Gasteiger partial charge in [0.1, 0.15) is 5.75 Å². The van der Waals surface area contributed by atoms with Crippen LogP contribution in [0.2, 0.25) is 0 Å². The molecule has 0 aliphatic carbocycles. The van der Waals surface area contributed by atoms with E-state index in [9.17, 15) is 4.79 Å². The SMILES string of the molecule is CCOC(=O)C(C)(C)CCCCCOc1ccc(-c2csc(N)n2)cc1. The lowest BCUT2D eigenvalue weighted by Crippen LogP contribution is -2.26. The molecule has 1 aromatic heterocycles. The number of benzene rings is 1. The van der Waals surface area contributed by atoms with E-state index in [-0.39, 0.29) is 5.97 Å². The summed E-state index contributed by atoms with van der Waals surface area (Å²) >= 11 is 1.44. The van der Waals surface area contributed by atoms with Crippen LogP contribution in [0.25, 0.3) is 11.3 Å². The molecule has 0 aliphatic rings. The van der Waals surface area contributed by atoms with E-state index in [4.69, 9.17) is 15.2 Å². The van der Waals surface area contributed by atoms with Gasteiger partial charge in [0.05, 0.1) is 24.3 Å². The Bertz CT molecular complexity index is 695. The van der Waals surface area contributed by atoms with E-state index >= 15 is 0 Å². The number of thiazole rings is 1. The molecule has 0 spiro atoms. The fourth-order valence-electron chi connectivity index (χ4n) is 2.61. The summed E-state index contributed by atoms with van der Waals surface area (Å²) in [5.41, 5.74) is 7.18. The molecule has 0 atom stereocenters. The highest BCUT2D eigenvalue weighted by Crippen LogP contribution is 2.26. The van der Waals surface area contributed by atoms with Crippen molar-refractivity contribution in [1.29, 1.82) is 0 Å². The minimum Gasteiger partial charge on any atom is -0.494 e. The maximum Gasteiger partial charge on any atom is 0.311 e. The van der Waals surface area contributed by atoms with Crippen LogP contribution >= 0.6 is 11.3 Å². The third kappa shape index (κ3) is 6.02. The van der Waals surface area contributed by atoms with E-state index in [0.717, 1.165) is 42.7 Å². The lowest BCUT2D eigenvalue weighted by atomic mass is 9.87. The van der Waals surface area contributed by atoms with Crippen LogP contribution in [-0.4, -0.2) is 24.2 Å². The van der Waals surface area contributed by atoms with Crippen molar-refractivity contribution in [2.45, 2.75) is 46.5 Å². The fraction of sp³-hybridized carbons (Fsp3) is 0.500. The zero-order chi connectivity index (χ0) is 19.0. The molecule has 0 amide bonds. The molecule has 0 saturated carbocycles. The van der Waals surface area contributed by atoms with Gasteiger partial charge in [-0.25, -0.2) is 4.98 Å². The van der Waals surface area contributed by atoms with E-state index in [1.807, 2.05) is 50.4 Å². The lowest BCUT2D eigenvalue weighted by Gasteiger charge is -2.21. The number of carbonyl (C=O) groups excluding carboxylic acids is 1. The first-order valence-corrected chi connectivity index (χ1v) is 9.92. The highest BCUT2D eigenvalue weighted by molar-refractivity contribution is 7.13. The molecule has 5 nitrogen and oxygen atoms in total. The van der Waals surface area contributed by atoms with Crippen molar-refractivity contribution in [1.82, 2.24) is 4.98 Å². The number of hydrogen-bond acceptors (Lipinski definition) is 6. The summed E-state index contributed by atoms with van der Waals surface area (Å²) in [7, 11) is 0. The van der Waals surface area contributed by atoms with Gasteiger partial charge in [-0.3, -0.25) is 4.79 Å². The number of aromatic nitrogens is 1. The zero-order valence-electron chi connectivity index (χ0n) is 15.8. The third-order valence-electron chi connectivity index (χ3n) is 4.21. The average molecular weight is 377 g/mol. The van der Waals surface area contributed by atoms with Crippen molar-refractivity contribution < 1.29 is 14.3 Å². The van der Waals surface area contributed by atoms with Crippen LogP contribution in [0.1, 0.15) is 46.5 Å². The standard InChI is InChI=1S/C20H28N2O3S/c1-4-24-18(23)20(2,3)12-6-5-7-13-25-16-10-8-15(9-11-16)17-14-26-19(21)22-17/h8-11,14H,4-7,12-13H2,1-3H3,(H2,21,22). The third-order valence-corrected chi connectivity index (χ3v) is 4.89. The van der Waals surface area contributed by atoms with Gasteiger partial charge in [0.25, 0.3) is 0 Å². The molecule has 0 aliphatic heterocycles. The topological polar surface area (TPSA) is 74.4 Å². The number of nitrogens with zero attached hydrogens (tertiary/aromatic N) is 1. The number of hydrogen-bond donors (Lipinski definition) is 1. The predicted octanol–water partition coefficient (Wildman–Crippen LogP) is 4.92. The summed E-state index contributed by atoms with van der Waals surface area (Å²) in [6, 6.07) is 7.89. The second kappa shape index (κ2) is 9.57. The number of rotatable bonds is 10. The average Bonchev–Trinajstić information content (AvgIpc) is 3.05. The van der Waals surface area contributed by atoms with Crippen LogP contribution in [-0.2, 0) is 9.53 Å². The van der Waals surface area contributed by atoms with Crippen molar-refractivity contribution in [3.05, 3.63) is 29.6 Å². The Balaban J connectivity index is 1.66. The minimum atomic E-state index is -0.411. The van der Waals surface area contributed by atoms with Crippen LogP contribution in [0.15, 0.2) is 29.6 Å². The summed E-state index contributed by atoms with van der Waals surface area (Å²) in [4.78, 5) is 16.1. The first-order valence-electron chi connectivity index (χ1n) is 9.04. The van der Waals surface area contributed by atoms with Gasteiger partial charge in [-0.05, 0) is 57.9 Å². The Kier molecular flexibility index (Phi) is 7.45. The molecule has 0 saturated heterocycles. The van der Waals surface area contributed by atoms with Crippen LogP contribution < -0.4 is 10.5 Å². The van der Waals surface area contributed by atoms with Gasteiger partial charge >= 0.3 is 5.97 Å². The normalized spacial score (nSPS) is 11.3. The first kappa shape index (κ1) is 20.2. The number of carbonyl (C=O) groups is 1. The molecule has 2 aromatic rings. The van der Waals surface area contributed by atoms with E-state index in [2.05, 4.69) is 4.98 Å². The van der Waals surface area contributed by atoms with Crippen molar-refractivity contribution in [2.24, 2.45) is 5.41 Å². The van der Waals surface area contributed by atoms with Crippen molar-refractivity contribution in [2.75, 3.05) is 18.9 Å². The molecular weight excluding hydrogens is 348 g/mol. The van der Waals surface area contributed by atoms with Gasteiger partial charge < -0.3 is 15.2 Å². The largest absolute Gasteiger partial charge is 0.494 e. The maximum absolute atomic E-state index is 11.8. The van der Waals surface area contributed by atoms with Crippen LogP contribution in [0.4, 0.5) is 5.13 Å². The Morgan fingerprint density at radius 3 is 2.54 bits per heavy atom. The predicted molar refractivity (Wildman–Crippen MR) is 106 cm³/mol. The first-order chi connectivity index (χ1) is 12.4. The highest BCUT2D eigenvalue weighted by atomic mass is 32.1. The molecule has 2 rings (SSSR count). The molecule has 142 valence electrons. The smallest absolute Gasteiger partial charge is 0.311 e. The zero-order valence-corrected chi connectivity index (χ0v) is 16.6. The van der Waals surface area contributed by atoms with E-state index < -0.39 is 5.41 Å². The molecule has 0 bridgehead atoms. The van der Waals surface area contributed by atoms with E-state index in [1.165, 1.54) is 11.3 Å². The quantitative estimate of drug-likeness (QED) is 0.470. The molecule has 0 fully saturated rings. The summed E-state index contributed by atoms with van der Waals surface area (Å²) in [5.74, 6) is 0.738. The molecule has 1 heterocycles. The molecule has 26 heavy (non-hydrogen) atoms. The molecule has 1 aromatic carbocycles. The number of anilines is 1. The van der Waals surface area contributed by atoms with Gasteiger partial charge in [-0.2, -0.15) is 0 Å². The minimum absolute atomic E-state index is 0.113. The monoisotopic (exact) mass is 376 g/mol. The second-order valence-corrected chi connectivity index (χ2v) is 7.75. The molecular formula is C20H28N2O3S. The Morgan fingerprint density at radius 1 is 1.19 bits per heavy atom. The van der Waals surface area contributed by atoms with Crippen molar-refractivity contribution >= 4 is 22.4 Å².